The Bertz CT molecular complexity index is 3570. The molecule has 5 nitrogen and oxygen atoms in total. The molecule has 0 saturated carbocycles. The number of rotatable bonds is 7. The lowest BCUT2D eigenvalue weighted by Gasteiger charge is -2.12. The molecule has 0 unspecified atom stereocenters. The molecule has 0 bridgehead atoms. The van der Waals surface area contributed by atoms with Gasteiger partial charge >= 0.3 is 0 Å². The largest absolute Gasteiger partial charge is 0.309 e. The van der Waals surface area contributed by atoms with Crippen molar-refractivity contribution in [2.24, 2.45) is 0 Å². The third kappa shape index (κ3) is 6.06. The molecular weight excluding hydrogens is 755 g/mol. The van der Waals surface area contributed by atoms with E-state index in [1.807, 2.05) is 60.7 Å². The van der Waals surface area contributed by atoms with E-state index in [0.29, 0.717) is 17.5 Å². The van der Waals surface area contributed by atoms with Crippen molar-refractivity contribution < 1.29 is 0 Å². The molecule has 12 rings (SSSR count). The zero-order valence-corrected chi connectivity index (χ0v) is 33.6. The molecule has 0 atom stereocenters. The quantitative estimate of drug-likeness (QED) is 0.162. The van der Waals surface area contributed by atoms with Gasteiger partial charge in [0.1, 0.15) is 0 Å². The predicted octanol–water partition coefficient (Wildman–Crippen LogP) is 14.4. The maximum atomic E-state index is 5.05. The molecule has 12 aromatic rings. The van der Waals surface area contributed by atoms with E-state index in [4.69, 9.17) is 15.0 Å². The lowest BCUT2D eigenvalue weighted by atomic mass is 9.97. The maximum Gasteiger partial charge on any atom is 0.164 e. The smallest absolute Gasteiger partial charge is 0.164 e. The summed E-state index contributed by atoms with van der Waals surface area (Å²) in [7, 11) is 0. The molecule has 290 valence electrons. The molecule has 0 aliphatic heterocycles. The number of hydrogen-bond acceptors (Lipinski definition) is 3. The maximum absolute atomic E-state index is 5.05. The molecule has 5 heteroatoms. The number of fused-ring (bicyclic) bond motifs is 6. The van der Waals surface area contributed by atoms with Gasteiger partial charge in [-0.2, -0.15) is 0 Å². The summed E-state index contributed by atoms with van der Waals surface area (Å²) >= 11 is 0. The Kier molecular flexibility index (Phi) is 8.42. The van der Waals surface area contributed by atoms with Crippen LogP contribution in [0, 0.1) is 0 Å². The molecule has 3 aromatic heterocycles. The SMILES string of the molecule is c1ccc(-c2nc(-c3ccccc3)nc(-c3cccc(-n4c5ccccc5c5ccc(-c6cccc(-c7ccc8c9ccccc9n(-c9ccccc9)c8c7)c6)cc54)c3)n2)cc1. The monoisotopic (exact) mass is 791 g/mol. The lowest BCUT2D eigenvalue weighted by Crippen LogP contribution is -2.01. The van der Waals surface area contributed by atoms with E-state index >= 15 is 0 Å². The van der Waals surface area contributed by atoms with E-state index in [1.54, 1.807) is 0 Å². The first-order valence-corrected chi connectivity index (χ1v) is 20.9. The minimum absolute atomic E-state index is 0.625. The number of nitrogens with zero attached hydrogens (tertiary/aromatic N) is 5. The zero-order chi connectivity index (χ0) is 41.0. The highest BCUT2D eigenvalue weighted by Crippen LogP contribution is 2.38. The third-order valence-corrected chi connectivity index (χ3v) is 12.0. The van der Waals surface area contributed by atoms with Crippen molar-refractivity contribution in [3.8, 4) is 67.8 Å². The van der Waals surface area contributed by atoms with Crippen molar-refractivity contribution in [3.05, 3.63) is 224 Å². The second-order valence-electron chi connectivity index (χ2n) is 15.7. The van der Waals surface area contributed by atoms with E-state index in [9.17, 15) is 0 Å². The van der Waals surface area contributed by atoms with E-state index in [0.717, 1.165) is 50.2 Å². The highest BCUT2D eigenvalue weighted by molar-refractivity contribution is 6.11. The highest BCUT2D eigenvalue weighted by Gasteiger charge is 2.18. The Morgan fingerprint density at radius 1 is 0.226 bits per heavy atom. The molecule has 0 N–H and O–H groups in total. The van der Waals surface area contributed by atoms with Crippen molar-refractivity contribution in [3.63, 3.8) is 0 Å². The Morgan fingerprint density at radius 2 is 0.597 bits per heavy atom. The van der Waals surface area contributed by atoms with Gasteiger partial charge in [0.2, 0.25) is 0 Å². The van der Waals surface area contributed by atoms with Crippen molar-refractivity contribution in [2.45, 2.75) is 0 Å². The first-order chi connectivity index (χ1) is 30.7. The molecule has 9 aromatic carbocycles. The minimum atomic E-state index is 0.625. The van der Waals surface area contributed by atoms with Crippen molar-refractivity contribution >= 4 is 43.6 Å². The van der Waals surface area contributed by atoms with Gasteiger partial charge in [0.25, 0.3) is 0 Å². The highest BCUT2D eigenvalue weighted by atomic mass is 15.0. The first kappa shape index (κ1) is 35.5. The Balaban J connectivity index is 0.977. The number of aromatic nitrogens is 5. The van der Waals surface area contributed by atoms with Crippen molar-refractivity contribution in [1.29, 1.82) is 0 Å². The summed E-state index contributed by atoms with van der Waals surface area (Å²) in [6.07, 6.45) is 0. The summed E-state index contributed by atoms with van der Waals surface area (Å²) in [6.45, 7) is 0. The molecule has 0 aliphatic rings. The van der Waals surface area contributed by atoms with Crippen LogP contribution in [0.2, 0.25) is 0 Å². The van der Waals surface area contributed by atoms with Crippen LogP contribution in [-0.4, -0.2) is 24.1 Å². The van der Waals surface area contributed by atoms with Crippen molar-refractivity contribution in [2.75, 3.05) is 0 Å². The molecule has 0 spiro atoms. The summed E-state index contributed by atoms with van der Waals surface area (Å²) in [6, 6.07) is 79.4. The van der Waals surface area contributed by atoms with Crippen LogP contribution in [0.4, 0.5) is 0 Å². The molecular formula is C57H37N5. The number of benzene rings is 9. The van der Waals surface area contributed by atoms with Crippen molar-refractivity contribution in [1.82, 2.24) is 24.1 Å². The molecule has 0 saturated heterocycles. The van der Waals surface area contributed by atoms with Gasteiger partial charge in [0.05, 0.1) is 22.1 Å². The van der Waals surface area contributed by atoms with Crippen LogP contribution in [0.1, 0.15) is 0 Å². The molecule has 0 aliphatic carbocycles. The Labute approximate surface area is 358 Å². The van der Waals surface area contributed by atoms with Gasteiger partial charge in [-0.25, -0.2) is 15.0 Å². The zero-order valence-electron chi connectivity index (χ0n) is 33.6. The van der Waals surface area contributed by atoms with Gasteiger partial charge in [0.15, 0.2) is 17.5 Å². The van der Waals surface area contributed by atoms with Crippen LogP contribution in [-0.2, 0) is 0 Å². The molecule has 3 heterocycles. The van der Waals surface area contributed by atoms with Crippen LogP contribution in [0.15, 0.2) is 224 Å². The summed E-state index contributed by atoms with van der Waals surface area (Å²) < 4.78 is 4.75. The van der Waals surface area contributed by atoms with Crippen LogP contribution in [0.5, 0.6) is 0 Å². The second-order valence-corrected chi connectivity index (χ2v) is 15.7. The van der Waals surface area contributed by atoms with Gasteiger partial charge in [-0.05, 0) is 76.9 Å². The van der Waals surface area contributed by atoms with Crippen LogP contribution in [0.25, 0.3) is 111 Å². The van der Waals surface area contributed by atoms with E-state index in [1.165, 1.54) is 43.7 Å². The average Bonchev–Trinajstić information content (AvgIpc) is 3.87. The standard InChI is InChI=1S/C57H37N5/c1-4-16-38(17-5-1)55-58-56(39-18-6-2-7-19-39)60-57(59-55)44-22-15-25-46(35-44)62-52-29-13-11-27-48(52)50-33-31-43(37-54(50)62)41-21-14-20-40(34-41)42-30-32-49-47-26-10-12-28-51(47)61(53(49)36-42)45-23-8-3-9-24-45/h1-37H. The van der Waals surface area contributed by atoms with E-state index in [-0.39, 0.29) is 0 Å². The van der Waals surface area contributed by atoms with Crippen LogP contribution in [0.3, 0.4) is 0 Å². The lowest BCUT2D eigenvalue weighted by molar-refractivity contribution is 1.07. The van der Waals surface area contributed by atoms with Gasteiger partial charge in [0, 0.05) is 49.6 Å². The van der Waals surface area contributed by atoms with Gasteiger partial charge in [-0.15, -0.1) is 0 Å². The average molecular weight is 792 g/mol. The van der Waals surface area contributed by atoms with Crippen LogP contribution >= 0.6 is 0 Å². The minimum Gasteiger partial charge on any atom is -0.309 e. The summed E-state index contributed by atoms with van der Waals surface area (Å²) in [5.41, 5.74) is 14.3. The Hall–Kier alpha value is -8.41. The van der Waals surface area contributed by atoms with E-state index < -0.39 is 0 Å². The number of para-hydroxylation sites is 3. The Morgan fingerprint density at radius 3 is 1.15 bits per heavy atom. The predicted molar refractivity (Wildman–Crippen MR) is 256 cm³/mol. The molecule has 62 heavy (non-hydrogen) atoms. The summed E-state index contributed by atoms with van der Waals surface area (Å²) in [5, 5.41) is 4.90. The summed E-state index contributed by atoms with van der Waals surface area (Å²) in [4.78, 5) is 15.0. The van der Waals surface area contributed by atoms with Gasteiger partial charge < -0.3 is 9.13 Å². The summed E-state index contributed by atoms with van der Waals surface area (Å²) in [5.74, 6) is 1.91. The fourth-order valence-electron chi connectivity index (χ4n) is 9.03. The topological polar surface area (TPSA) is 48.5 Å². The van der Waals surface area contributed by atoms with E-state index in [2.05, 4.69) is 173 Å². The molecule has 0 fully saturated rings. The number of hydrogen-bond donors (Lipinski definition) is 0. The third-order valence-electron chi connectivity index (χ3n) is 12.0. The first-order valence-electron chi connectivity index (χ1n) is 20.9. The molecule has 0 amide bonds. The van der Waals surface area contributed by atoms with Crippen LogP contribution < -0.4 is 0 Å². The fourth-order valence-corrected chi connectivity index (χ4v) is 9.03. The van der Waals surface area contributed by atoms with Gasteiger partial charge in [-0.1, -0.05) is 170 Å². The van der Waals surface area contributed by atoms with Gasteiger partial charge in [-0.3, -0.25) is 0 Å². The second kappa shape index (κ2) is 14.7. The molecule has 0 radical (unpaired) electrons. The normalized spacial score (nSPS) is 11.5. The fraction of sp³-hybridized carbons (Fsp3) is 0.